The summed E-state index contributed by atoms with van der Waals surface area (Å²) in [5.41, 5.74) is 1.95. The van der Waals surface area contributed by atoms with Gasteiger partial charge in [-0.25, -0.2) is 0 Å². The van der Waals surface area contributed by atoms with Crippen molar-refractivity contribution < 1.29 is 14.3 Å². The molecule has 0 bridgehead atoms. The maximum atomic E-state index is 13.6. The van der Waals surface area contributed by atoms with Crippen molar-refractivity contribution in [2.24, 2.45) is 0 Å². The first-order valence-corrected chi connectivity index (χ1v) is 10.7. The largest absolute Gasteiger partial charge is 0.495 e. The van der Waals surface area contributed by atoms with Crippen LogP contribution in [0, 0.1) is 0 Å². The SMILES string of the molecule is COc1ccccc1N1CCN(C(=O)C(c2ccccc2)N2CCCCC2=O)CC1. The summed E-state index contributed by atoms with van der Waals surface area (Å²) >= 11 is 0. The molecular weight excluding hydrogens is 378 g/mol. The van der Waals surface area contributed by atoms with Gasteiger partial charge in [0.15, 0.2) is 0 Å². The molecule has 30 heavy (non-hydrogen) atoms. The number of likely N-dealkylation sites (tertiary alicyclic amines) is 1. The third kappa shape index (κ3) is 4.13. The summed E-state index contributed by atoms with van der Waals surface area (Å²) in [5, 5.41) is 0. The fraction of sp³-hybridized carbons (Fsp3) is 0.417. The number of anilines is 1. The van der Waals surface area contributed by atoms with Gasteiger partial charge in [0.2, 0.25) is 11.8 Å². The Morgan fingerprint density at radius 3 is 2.30 bits per heavy atom. The third-order valence-corrected chi connectivity index (χ3v) is 6.04. The van der Waals surface area contributed by atoms with Gasteiger partial charge in [-0.3, -0.25) is 9.59 Å². The van der Waals surface area contributed by atoms with Crippen LogP contribution < -0.4 is 9.64 Å². The Labute approximate surface area is 178 Å². The van der Waals surface area contributed by atoms with E-state index in [0.717, 1.165) is 42.9 Å². The monoisotopic (exact) mass is 407 g/mol. The molecule has 2 heterocycles. The Bertz CT molecular complexity index is 878. The number of hydrogen-bond acceptors (Lipinski definition) is 4. The average Bonchev–Trinajstić information content (AvgIpc) is 2.81. The minimum atomic E-state index is -0.531. The number of benzene rings is 2. The Balaban J connectivity index is 1.51. The Kier molecular flexibility index (Phi) is 6.21. The second-order valence-electron chi connectivity index (χ2n) is 7.84. The van der Waals surface area contributed by atoms with E-state index in [2.05, 4.69) is 11.0 Å². The minimum absolute atomic E-state index is 0.0242. The number of piperazine rings is 1. The molecular formula is C24H29N3O3. The molecule has 0 aliphatic carbocycles. The summed E-state index contributed by atoms with van der Waals surface area (Å²) in [5.74, 6) is 0.950. The van der Waals surface area contributed by atoms with Gasteiger partial charge in [-0.15, -0.1) is 0 Å². The number of ether oxygens (including phenoxy) is 1. The van der Waals surface area contributed by atoms with Gasteiger partial charge in [-0.05, 0) is 30.5 Å². The van der Waals surface area contributed by atoms with Crippen LogP contribution in [-0.4, -0.2) is 61.4 Å². The molecule has 2 aromatic carbocycles. The van der Waals surface area contributed by atoms with Crippen molar-refractivity contribution in [2.45, 2.75) is 25.3 Å². The van der Waals surface area contributed by atoms with E-state index in [1.165, 1.54) is 0 Å². The number of methoxy groups -OCH3 is 1. The fourth-order valence-corrected chi connectivity index (χ4v) is 4.42. The summed E-state index contributed by atoms with van der Waals surface area (Å²) in [7, 11) is 1.68. The predicted molar refractivity (Wildman–Crippen MR) is 117 cm³/mol. The van der Waals surface area contributed by atoms with Gasteiger partial charge in [-0.1, -0.05) is 42.5 Å². The molecule has 6 nitrogen and oxygen atoms in total. The number of carbonyl (C=O) groups is 2. The molecule has 0 spiro atoms. The highest BCUT2D eigenvalue weighted by molar-refractivity contribution is 5.89. The van der Waals surface area contributed by atoms with Crippen molar-refractivity contribution in [1.82, 2.24) is 9.80 Å². The van der Waals surface area contributed by atoms with Gasteiger partial charge in [0.25, 0.3) is 0 Å². The molecule has 2 aromatic rings. The summed E-state index contributed by atoms with van der Waals surface area (Å²) in [6.07, 6.45) is 2.38. The van der Waals surface area contributed by atoms with Gasteiger partial charge in [0.1, 0.15) is 11.8 Å². The maximum absolute atomic E-state index is 13.6. The van der Waals surface area contributed by atoms with Crippen LogP contribution in [0.1, 0.15) is 30.9 Å². The van der Waals surface area contributed by atoms with Gasteiger partial charge in [0.05, 0.1) is 12.8 Å². The summed E-state index contributed by atoms with van der Waals surface area (Å²) in [6.45, 7) is 3.37. The van der Waals surface area contributed by atoms with Crippen LogP contribution in [0.3, 0.4) is 0 Å². The second-order valence-corrected chi connectivity index (χ2v) is 7.84. The van der Waals surface area contributed by atoms with Crippen LogP contribution in [0.5, 0.6) is 5.75 Å². The maximum Gasteiger partial charge on any atom is 0.250 e. The molecule has 2 fully saturated rings. The topological polar surface area (TPSA) is 53.1 Å². The van der Waals surface area contributed by atoms with Crippen molar-refractivity contribution >= 4 is 17.5 Å². The molecule has 0 aromatic heterocycles. The van der Waals surface area contributed by atoms with E-state index < -0.39 is 6.04 Å². The first-order chi connectivity index (χ1) is 14.7. The fourth-order valence-electron chi connectivity index (χ4n) is 4.42. The molecule has 0 saturated carbocycles. The Morgan fingerprint density at radius 1 is 0.900 bits per heavy atom. The Hall–Kier alpha value is -3.02. The third-order valence-electron chi connectivity index (χ3n) is 6.04. The highest BCUT2D eigenvalue weighted by atomic mass is 16.5. The van der Waals surface area contributed by atoms with E-state index in [4.69, 9.17) is 4.74 Å². The first-order valence-electron chi connectivity index (χ1n) is 10.7. The molecule has 4 rings (SSSR count). The van der Waals surface area contributed by atoms with Crippen molar-refractivity contribution in [1.29, 1.82) is 0 Å². The van der Waals surface area contributed by atoms with Gasteiger partial charge < -0.3 is 19.4 Å². The van der Waals surface area contributed by atoms with E-state index in [-0.39, 0.29) is 11.8 Å². The first kappa shape index (κ1) is 20.3. The van der Waals surface area contributed by atoms with E-state index in [1.807, 2.05) is 53.4 Å². The minimum Gasteiger partial charge on any atom is -0.495 e. The molecule has 1 atom stereocenters. The zero-order valence-corrected chi connectivity index (χ0v) is 17.5. The van der Waals surface area contributed by atoms with Gasteiger partial charge >= 0.3 is 0 Å². The number of carbonyl (C=O) groups excluding carboxylic acids is 2. The highest BCUT2D eigenvalue weighted by Crippen LogP contribution is 2.31. The van der Waals surface area contributed by atoms with E-state index >= 15 is 0 Å². The number of nitrogens with zero attached hydrogens (tertiary/aromatic N) is 3. The van der Waals surface area contributed by atoms with E-state index in [0.29, 0.717) is 26.1 Å². The summed E-state index contributed by atoms with van der Waals surface area (Å²) in [6, 6.07) is 17.2. The molecule has 2 aliphatic rings. The lowest BCUT2D eigenvalue weighted by atomic mass is 9.99. The molecule has 0 N–H and O–H groups in total. The lowest BCUT2D eigenvalue weighted by molar-refractivity contribution is -0.148. The number of amides is 2. The van der Waals surface area contributed by atoms with Crippen LogP contribution in [0.15, 0.2) is 54.6 Å². The number of rotatable bonds is 5. The van der Waals surface area contributed by atoms with Gasteiger partial charge in [-0.2, -0.15) is 0 Å². The predicted octanol–water partition coefficient (Wildman–Crippen LogP) is 3.10. The number of piperidine rings is 1. The normalized spacial score (nSPS) is 18.3. The summed E-state index contributed by atoms with van der Waals surface area (Å²) in [4.78, 5) is 32.2. The molecule has 2 amide bonds. The molecule has 0 radical (unpaired) electrons. The molecule has 2 aliphatic heterocycles. The second kappa shape index (κ2) is 9.20. The highest BCUT2D eigenvalue weighted by Gasteiger charge is 2.36. The molecule has 6 heteroatoms. The van der Waals surface area contributed by atoms with E-state index in [9.17, 15) is 9.59 Å². The van der Waals surface area contributed by atoms with Crippen LogP contribution >= 0.6 is 0 Å². The van der Waals surface area contributed by atoms with Crippen LogP contribution in [0.2, 0.25) is 0 Å². The molecule has 2 saturated heterocycles. The Morgan fingerprint density at radius 2 is 1.60 bits per heavy atom. The zero-order valence-electron chi connectivity index (χ0n) is 17.5. The lowest BCUT2D eigenvalue weighted by Crippen LogP contribution is -2.53. The smallest absolute Gasteiger partial charge is 0.250 e. The summed E-state index contributed by atoms with van der Waals surface area (Å²) < 4.78 is 5.49. The van der Waals surface area contributed by atoms with Crippen molar-refractivity contribution in [3.8, 4) is 5.75 Å². The van der Waals surface area contributed by atoms with Crippen molar-refractivity contribution in [3.63, 3.8) is 0 Å². The van der Waals surface area contributed by atoms with E-state index in [1.54, 1.807) is 12.0 Å². The number of hydrogen-bond donors (Lipinski definition) is 0. The lowest BCUT2D eigenvalue weighted by Gasteiger charge is -2.41. The molecule has 158 valence electrons. The molecule has 1 unspecified atom stereocenters. The van der Waals surface area contributed by atoms with Gasteiger partial charge in [0, 0.05) is 39.1 Å². The van der Waals surface area contributed by atoms with Crippen molar-refractivity contribution in [3.05, 3.63) is 60.2 Å². The number of para-hydroxylation sites is 2. The zero-order chi connectivity index (χ0) is 20.9. The van der Waals surface area contributed by atoms with Crippen LogP contribution in [-0.2, 0) is 9.59 Å². The standard InChI is InChI=1S/C24H29N3O3/c1-30-21-12-6-5-11-20(21)25-15-17-26(18-16-25)24(29)23(19-9-3-2-4-10-19)27-14-8-7-13-22(27)28/h2-6,9-12,23H,7-8,13-18H2,1H3. The van der Waals surface area contributed by atoms with Crippen molar-refractivity contribution in [2.75, 3.05) is 44.7 Å². The van der Waals surface area contributed by atoms with Crippen LogP contribution in [0.25, 0.3) is 0 Å². The van der Waals surface area contributed by atoms with Crippen LogP contribution in [0.4, 0.5) is 5.69 Å². The quantitative estimate of drug-likeness (QED) is 0.764. The average molecular weight is 408 g/mol.